The molecule has 0 bridgehead atoms. The number of ether oxygens (including phenoxy) is 1. The van der Waals surface area contributed by atoms with Gasteiger partial charge >= 0.3 is 0 Å². The van der Waals surface area contributed by atoms with Crippen LogP contribution in [-0.2, 0) is 11.2 Å². The third kappa shape index (κ3) is 3.75. The minimum atomic E-state index is -0.439. The molecule has 1 unspecified atom stereocenters. The average molecular weight is 270 g/mol. The van der Waals surface area contributed by atoms with E-state index >= 15 is 0 Å². The van der Waals surface area contributed by atoms with E-state index in [9.17, 15) is 4.79 Å². The fourth-order valence-electron chi connectivity index (χ4n) is 1.96. The molecule has 0 aliphatic heterocycles. The summed E-state index contributed by atoms with van der Waals surface area (Å²) >= 11 is 0. The predicted octanol–water partition coefficient (Wildman–Crippen LogP) is 2.20. The third-order valence-electron chi connectivity index (χ3n) is 3.06. The molecule has 0 radical (unpaired) electrons. The van der Waals surface area contributed by atoms with Gasteiger partial charge in [-0.05, 0) is 29.8 Å². The Morgan fingerprint density at radius 2 is 1.80 bits per heavy atom. The summed E-state index contributed by atoms with van der Waals surface area (Å²) in [5, 5.41) is 3.15. The largest absolute Gasteiger partial charge is 0.497 e. The van der Waals surface area contributed by atoms with Gasteiger partial charge in [-0.1, -0.05) is 30.3 Å². The first-order valence-corrected chi connectivity index (χ1v) is 6.43. The van der Waals surface area contributed by atoms with E-state index in [4.69, 9.17) is 10.5 Å². The number of nitrogens with two attached hydrogens (primary N) is 1. The summed E-state index contributed by atoms with van der Waals surface area (Å²) in [6.45, 7) is 0. The highest BCUT2D eigenvalue weighted by atomic mass is 16.5. The number of hydrogen-bond acceptors (Lipinski definition) is 3. The van der Waals surface area contributed by atoms with Crippen molar-refractivity contribution in [2.45, 2.75) is 12.5 Å². The van der Waals surface area contributed by atoms with Crippen molar-refractivity contribution >= 4 is 11.6 Å². The standard InChI is InChI=1S/C16H18N2O2/c1-20-14-9-7-13(8-10-14)18-15(16(17)19)11-12-5-3-2-4-6-12/h2-10,15,18H,11H2,1H3,(H2,17,19). The monoisotopic (exact) mass is 270 g/mol. The highest BCUT2D eigenvalue weighted by Crippen LogP contribution is 2.16. The lowest BCUT2D eigenvalue weighted by atomic mass is 10.1. The van der Waals surface area contributed by atoms with Gasteiger partial charge in [0.25, 0.3) is 0 Å². The molecule has 2 rings (SSSR count). The number of benzene rings is 2. The number of carbonyl (C=O) groups is 1. The molecule has 0 aliphatic rings. The molecule has 0 spiro atoms. The Morgan fingerprint density at radius 3 is 2.35 bits per heavy atom. The van der Waals surface area contributed by atoms with E-state index in [1.54, 1.807) is 7.11 Å². The maximum Gasteiger partial charge on any atom is 0.240 e. The molecule has 0 heterocycles. The molecular weight excluding hydrogens is 252 g/mol. The molecule has 2 aromatic carbocycles. The number of rotatable bonds is 6. The Hall–Kier alpha value is -2.49. The van der Waals surface area contributed by atoms with Crippen LogP contribution in [0.4, 0.5) is 5.69 Å². The molecule has 0 aromatic heterocycles. The number of amides is 1. The van der Waals surface area contributed by atoms with Crippen LogP contribution < -0.4 is 15.8 Å². The van der Waals surface area contributed by atoms with Crippen molar-refractivity contribution in [1.29, 1.82) is 0 Å². The van der Waals surface area contributed by atoms with Crippen molar-refractivity contribution in [2.24, 2.45) is 5.73 Å². The number of carbonyl (C=O) groups excluding carboxylic acids is 1. The predicted molar refractivity (Wildman–Crippen MR) is 79.7 cm³/mol. The van der Waals surface area contributed by atoms with Crippen LogP contribution in [0.3, 0.4) is 0 Å². The van der Waals surface area contributed by atoms with Crippen molar-refractivity contribution in [3.63, 3.8) is 0 Å². The minimum Gasteiger partial charge on any atom is -0.497 e. The fourth-order valence-corrected chi connectivity index (χ4v) is 1.96. The van der Waals surface area contributed by atoms with Gasteiger partial charge in [-0.25, -0.2) is 0 Å². The topological polar surface area (TPSA) is 64.3 Å². The van der Waals surface area contributed by atoms with Crippen molar-refractivity contribution in [3.8, 4) is 5.75 Å². The Balaban J connectivity index is 2.07. The van der Waals surface area contributed by atoms with Crippen LogP contribution in [0.5, 0.6) is 5.75 Å². The minimum absolute atomic E-state index is 0.371. The summed E-state index contributed by atoms with van der Waals surface area (Å²) in [6, 6.07) is 16.7. The van der Waals surface area contributed by atoms with E-state index in [1.807, 2.05) is 54.6 Å². The molecule has 20 heavy (non-hydrogen) atoms. The summed E-state index contributed by atoms with van der Waals surface area (Å²) < 4.78 is 5.10. The van der Waals surface area contributed by atoms with Gasteiger partial charge < -0.3 is 15.8 Å². The van der Waals surface area contributed by atoms with Gasteiger partial charge in [0.15, 0.2) is 0 Å². The highest BCUT2D eigenvalue weighted by molar-refractivity contribution is 5.83. The van der Waals surface area contributed by atoms with Crippen LogP contribution in [0.2, 0.25) is 0 Å². The number of hydrogen-bond donors (Lipinski definition) is 2. The van der Waals surface area contributed by atoms with Crippen molar-refractivity contribution in [2.75, 3.05) is 12.4 Å². The van der Waals surface area contributed by atoms with Gasteiger partial charge in [-0.15, -0.1) is 0 Å². The normalized spacial score (nSPS) is 11.7. The summed E-state index contributed by atoms with van der Waals surface area (Å²) in [5.41, 5.74) is 7.37. The lowest BCUT2D eigenvalue weighted by Crippen LogP contribution is -2.37. The van der Waals surface area contributed by atoms with Crippen LogP contribution in [0, 0.1) is 0 Å². The first-order valence-electron chi connectivity index (χ1n) is 6.43. The van der Waals surface area contributed by atoms with E-state index in [0.717, 1.165) is 17.0 Å². The fraction of sp³-hybridized carbons (Fsp3) is 0.188. The molecule has 0 saturated carbocycles. The van der Waals surface area contributed by atoms with Gasteiger partial charge in [-0.3, -0.25) is 4.79 Å². The SMILES string of the molecule is COc1ccc(NC(Cc2ccccc2)C(N)=O)cc1. The molecular formula is C16H18N2O2. The smallest absolute Gasteiger partial charge is 0.240 e. The first-order chi connectivity index (χ1) is 9.69. The van der Waals surface area contributed by atoms with Gasteiger partial charge in [0.2, 0.25) is 5.91 Å². The highest BCUT2D eigenvalue weighted by Gasteiger charge is 2.15. The van der Waals surface area contributed by atoms with E-state index < -0.39 is 6.04 Å². The van der Waals surface area contributed by atoms with Gasteiger partial charge in [0.05, 0.1) is 7.11 Å². The molecule has 2 aromatic rings. The van der Waals surface area contributed by atoms with Gasteiger partial charge in [0, 0.05) is 12.1 Å². The zero-order valence-corrected chi connectivity index (χ0v) is 11.4. The number of anilines is 1. The van der Waals surface area contributed by atoms with Gasteiger partial charge in [-0.2, -0.15) is 0 Å². The molecule has 104 valence electrons. The van der Waals surface area contributed by atoms with E-state index in [1.165, 1.54) is 0 Å². The molecule has 1 atom stereocenters. The number of methoxy groups -OCH3 is 1. The second kappa shape index (κ2) is 6.61. The maximum atomic E-state index is 11.6. The number of primary amides is 1. The van der Waals surface area contributed by atoms with Crippen LogP contribution in [-0.4, -0.2) is 19.1 Å². The van der Waals surface area contributed by atoms with Crippen molar-refractivity contribution in [3.05, 3.63) is 60.2 Å². The van der Waals surface area contributed by atoms with E-state index in [-0.39, 0.29) is 5.91 Å². The van der Waals surface area contributed by atoms with E-state index in [2.05, 4.69) is 5.32 Å². The summed E-state index contributed by atoms with van der Waals surface area (Å²) in [5.74, 6) is 0.402. The lowest BCUT2D eigenvalue weighted by Gasteiger charge is -2.17. The molecule has 3 N–H and O–H groups in total. The zero-order chi connectivity index (χ0) is 14.4. The molecule has 4 heteroatoms. The Bertz CT molecular complexity index is 552. The maximum absolute atomic E-state index is 11.6. The van der Waals surface area contributed by atoms with Crippen LogP contribution in [0.25, 0.3) is 0 Å². The lowest BCUT2D eigenvalue weighted by molar-refractivity contribution is -0.118. The quantitative estimate of drug-likeness (QED) is 0.845. The summed E-state index contributed by atoms with van der Waals surface area (Å²) in [6.07, 6.45) is 0.558. The molecule has 1 amide bonds. The Kier molecular flexibility index (Phi) is 4.60. The summed E-state index contributed by atoms with van der Waals surface area (Å²) in [7, 11) is 1.62. The van der Waals surface area contributed by atoms with Crippen molar-refractivity contribution in [1.82, 2.24) is 0 Å². The molecule has 0 saturated heterocycles. The average Bonchev–Trinajstić information content (AvgIpc) is 2.48. The molecule has 0 fully saturated rings. The van der Waals surface area contributed by atoms with Crippen LogP contribution in [0.1, 0.15) is 5.56 Å². The first kappa shape index (κ1) is 13.9. The van der Waals surface area contributed by atoms with Crippen molar-refractivity contribution < 1.29 is 9.53 Å². The van der Waals surface area contributed by atoms with Gasteiger partial charge in [0.1, 0.15) is 11.8 Å². The third-order valence-corrected chi connectivity index (χ3v) is 3.06. The van der Waals surface area contributed by atoms with Crippen LogP contribution >= 0.6 is 0 Å². The number of nitrogens with one attached hydrogen (secondary N) is 1. The summed E-state index contributed by atoms with van der Waals surface area (Å²) in [4.78, 5) is 11.6. The Morgan fingerprint density at radius 1 is 1.15 bits per heavy atom. The molecule has 0 aliphatic carbocycles. The van der Waals surface area contributed by atoms with Crippen LogP contribution in [0.15, 0.2) is 54.6 Å². The second-order valence-corrected chi connectivity index (χ2v) is 4.52. The zero-order valence-electron chi connectivity index (χ0n) is 11.4. The second-order valence-electron chi connectivity index (χ2n) is 4.52. The molecule has 4 nitrogen and oxygen atoms in total. The van der Waals surface area contributed by atoms with E-state index in [0.29, 0.717) is 6.42 Å². The Labute approximate surface area is 118 Å².